The standard InChI is InChI=1S/C10H15N3O2/c1-6-4-7(2-3-13-10(11)12)9(15)8(14)5-6/h4-5,14-15H,2-3H2,1H3,(H4,11,12,13). The Balaban J connectivity index is 2.72. The quantitative estimate of drug-likeness (QED) is 0.283. The van der Waals surface area contributed by atoms with Gasteiger partial charge in [-0.3, -0.25) is 5.41 Å². The lowest BCUT2D eigenvalue weighted by Crippen LogP contribution is -2.31. The minimum Gasteiger partial charge on any atom is -0.504 e. The molecular formula is C10H15N3O2. The molecule has 0 amide bonds. The smallest absolute Gasteiger partial charge is 0.185 e. The van der Waals surface area contributed by atoms with E-state index in [0.717, 1.165) is 5.56 Å². The molecule has 0 heterocycles. The van der Waals surface area contributed by atoms with Crippen LogP contribution in [0.3, 0.4) is 0 Å². The Bertz CT molecular complexity index is 377. The highest BCUT2D eigenvalue weighted by Crippen LogP contribution is 2.30. The van der Waals surface area contributed by atoms with Gasteiger partial charge in [-0.15, -0.1) is 0 Å². The van der Waals surface area contributed by atoms with Gasteiger partial charge in [0.2, 0.25) is 0 Å². The van der Waals surface area contributed by atoms with Gasteiger partial charge in [0, 0.05) is 6.54 Å². The maximum Gasteiger partial charge on any atom is 0.185 e. The predicted molar refractivity (Wildman–Crippen MR) is 58.1 cm³/mol. The lowest BCUT2D eigenvalue weighted by atomic mass is 10.1. The van der Waals surface area contributed by atoms with E-state index in [-0.39, 0.29) is 17.5 Å². The molecule has 0 spiro atoms. The van der Waals surface area contributed by atoms with Crippen molar-refractivity contribution in [3.63, 3.8) is 0 Å². The Morgan fingerprint density at radius 1 is 1.47 bits per heavy atom. The van der Waals surface area contributed by atoms with E-state index in [1.807, 2.05) is 6.92 Å². The van der Waals surface area contributed by atoms with Crippen LogP contribution in [0.2, 0.25) is 0 Å². The summed E-state index contributed by atoms with van der Waals surface area (Å²) in [4.78, 5) is 0. The molecule has 0 atom stereocenters. The van der Waals surface area contributed by atoms with Crippen LogP contribution in [0.15, 0.2) is 12.1 Å². The molecule has 0 unspecified atom stereocenters. The fourth-order valence-electron chi connectivity index (χ4n) is 1.36. The van der Waals surface area contributed by atoms with Crippen molar-refractivity contribution in [3.8, 4) is 11.5 Å². The number of phenolic OH excluding ortho intramolecular Hbond substituents is 2. The van der Waals surface area contributed by atoms with Crippen molar-refractivity contribution in [2.75, 3.05) is 6.54 Å². The summed E-state index contributed by atoms with van der Waals surface area (Å²) in [6.07, 6.45) is 0.501. The molecule has 1 aromatic rings. The predicted octanol–water partition coefficient (Wildman–Crippen LogP) is 0.432. The van der Waals surface area contributed by atoms with E-state index in [9.17, 15) is 10.2 Å². The van der Waals surface area contributed by atoms with Gasteiger partial charge in [-0.05, 0) is 30.5 Å². The first-order chi connectivity index (χ1) is 7.00. The summed E-state index contributed by atoms with van der Waals surface area (Å²) in [5.74, 6) is -0.329. The van der Waals surface area contributed by atoms with E-state index < -0.39 is 0 Å². The Morgan fingerprint density at radius 2 is 2.13 bits per heavy atom. The normalized spacial score (nSPS) is 9.93. The summed E-state index contributed by atoms with van der Waals surface area (Å²) in [7, 11) is 0. The molecule has 0 aromatic heterocycles. The van der Waals surface area contributed by atoms with Crippen LogP contribution in [-0.2, 0) is 6.42 Å². The molecule has 82 valence electrons. The first-order valence-corrected chi connectivity index (χ1v) is 4.60. The van der Waals surface area contributed by atoms with Crippen molar-refractivity contribution in [1.29, 1.82) is 5.41 Å². The number of hydrogen-bond donors (Lipinski definition) is 5. The van der Waals surface area contributed by atoms with Crippen molar-refractivity contribution in [3.05, 3.63) is 23.3 Å². The average Bonchev–Trinajstić information content (AvgIpc) is 2.12. The van der Waals surface area contributed by atoms with Crippen LogP contribution in [0.4, 0.5) is 0 Å². The molecule has 1 aromatic carbocycles. The molecule has 0 bridgehead atoms. The van der Waals surface area contributed by atoms with Crippen LogP contribution in [-0.4, -0.2) is 22.7 Å². The van der Waals surface area contributed by atoms with E-state index in [2.05, 4.69) is 5.32 Å². The molecule has 0 saturated heterocycles. The van der Waals surface area contributed by atoms with Gasteiger partial charge >= 0.3 is 0 Å². The zero-order chi connectivity index (χ0) is 11.4. The van der Waals surface area contributed by atoms with Crippen LogP contribution in [0.1, 0.15) is 11.1 Å². The number of aromatic hydroxyl groups is 2. The van der Waals surface area contributed by atoms with Crippen LogP contribution >= 0.6 is 0 Å². The summed E-state index contributed by atoms with van der Waals surface area (Å²) < 4.78 is 0. The largest absolute Gasteiger partial charge is 0.504 e. The van der Waals surface area contributed by atoms with Crippen LogP contribution < -0.4 is 11.1 Å². The molecule has 15 heavy (non-hydrogen) atoms. The number of hydrogen-bond acceptors (Lipinski definition) is 3. The molecular weight excluding hydrogens is 194 g/mol. The lowest BCUT2D eigenvalue weighted by molar-refractivity contribution is 0.399. The highest BCUT2D eigenvalue weighted by molar-refractivity contribution is 5.74. The first-order valence-electron chi connectivity index (χ1n) is 4.60. The number of guanidine groups is 1. The molecule has 0 aliphatic heterocycles. The summed E-state index contributed by atoms with van der Waals surface area (Å²) >= 11 is 0. The minimum atomic E-state index is -0.118. The van der Waals surface area contributed by atoms with Gasteiger partial charge in [-0.2, -0.15) is 0 Å². The highest BCUT2D eigenvalue weighted by atomic mass is 16.3. The number of nitrogens with two attached hydrogens (primary N) is 1. The van der Waals surface area contributed by atoms with Gasteiger partial charge in [0.15, 0.2) is 17.5 Å². The Hall–Kier alpha value is -1.91. The fourth-order valence-corrected chi connectivity index (χ4v) is 1.36. The summed E-state index contributed by atoms with van der Waals surface area (Å²) in [6, 6.07) is 3.29. The molecule has 5 nitrogen and oxygen atoms in total. The summed E-state index contributed by atoms with van der Waals surface area (Å²) in [5.41, 5.74) is 6.63. The Kier molecular flexibility index (Phi) is 3.38. The van der Waals surface area contributed by atoms with E-state index in [4.69, 9.17) is 11.1 Å². The number of phenols is 2. The van der Waals surface area contributed by atoms with E-state index in [1.54, 1.807) is 6.07 Å². The van der Waals surface area contributed by atoms with E-state index >= 15 is 0 Å². The molecule has 0 fully saturated rings. The third kappa shape index (κ3) is 3.05. The van der Waals surface area contributed by atoms with Gasteiger partial charge in [0.05, 0.1) is 0 Å². The molecule has 1 rings (SSSR count). The first kappa shape index (κ1) is 11.2. The third-order valence-corrected chi connectivity index (χ3v) is 2.02. The number of aryl methyl sites for hydroxylation is 1. The van der Waals surface area contributed by atoms with Crippen molar-refractivity contribution < 1.29 is 10.2 Å². The zero-order valence-electron chi connectivity index (χ0n) is 8.54. The second kappa shape index (κ2) is 4.54. The highest BCUT2D eigenvalue weighted by Gasteiger charge is 2.07. The summed E-state index contributed by atoms with van der Waals surface area (Å²) in [5, 5.41) is 28.5. The topological polar surface area (TPSA) is 102 Å². The number of rotatable bonds is 3. The third-order valence-electron chi connectivity index (χ3n) is 2.02. The van der Waals surface area contributed by atoms with Crippen LogP contribution in [0, 0.1) is 12.3 Å². The molecule has 6 N–H and O–H groups in total. The average molecular weight is 209 g/mol. The van der Waals surface area contributed by atoms with Gasteiger partial charge in [0.25, 0.3) is 0 Å². The fraction of sp³-hybridized carbons (Fsp3) is 0.300. The molecule has 5 heteroatoms. The van der Waals surface area contributed by atoms with Crippen molar-refractivity contribution in [1.82, 2.24) is 5.32 Å². The zero-order valence-corrected chi connectivity index (χ0v) is 8.54. The second-order valence-corrected chi connectivity index (χ2v) is 3.38. The Labute approximate surface area is 88.1 Å². The lowest BCUT2D eigenvalue weighted by Gasteiger charge is -2.08. The molecule has 0 aliphatic carbocycles. The van der Waals surface area contributed by atoms with Crippen LogP contribution in [0.25, 0.3) is 0 Å². The molecule has 0 saturated carbocycles. The maximum absolute atomic E-state index is 9.52. The number of nitrogens with one attached hydrogen (secondary N) is 2. The van der Waals surface area contributed by atoms with Crippen molar-refractivity contribution in [2.24, 2.45) is 5.73 Å². The van der Waals surface area contributed by atoms with Gasteiger partial charge in [-0.25, -0.2) is 0 Å². The minimum absolute atomic E-state index is 0.105. The van der Waals surface area contributed by atoms with Crippen molar-refractivity contribution >= 4 is 5.96 Å². The van der Waals surface area contributed by atoms with E-state index in [0.29, 0.717) is 18.5 Å². The van der Waals surface area contributed by atoms with E-state index in [1.165, 1.54) is 6.07 Å². The SMILES string of the molecule is Cc1cc(O)c(O)c(CCNC(=N)N)c1. The number of benzene rings is 1. The van der Waals surface area contributed by atoms with Gasteiger partial charge in [-0.1, -0.05) is 6.07 Å². The second-order valence-electron chi connectivity index (χ2n) is 3.38. The molecule has 0 aliphatic rings. The monoisotopic (exact) mass is 209 g/mol. The Morgan fingerprint density at radius 3 is 2.73 bits per heavy atom. The molecule has 0 radical (unpaired) electrons. The van der Waals surface area contributed by atoms with Gasteiger partial charge < -0.3 is 21.3 Å². The van der Waals surface area contributed by atoms with Gasteiger partial charge in [0.1, 0.15) is 0 Å². The van der Waals surface area contributed by atoms with Crippen LogP contribution in [0.5, 0.6) is 11.5 Å². The van der Waals surface area contributed by atoms with Crippen molar-refractivity contribution in [2.45, 2.75) is 13.3 Å². The summed E-state index contributed by atoms with van der Waals surface area (Å²) in [6.45, 7) is 2.28. The maximum atomic E-state index is 9.52.